The van der Waals surface area contributed by atoms with Gasteiger partial charge >= 0.3 is 18.5 Å². The molecule has 0 bridgehead atoms. The maximum absolute atomic E-state index is 12.4. The quantitative estimate of drug-likeness (QED) is 0.534. The number of carbonyl (C=O) groups is 1. The van der Waals surface area contributed by atoms with E-state index in [0.29, 0.717) is 15.9 Å². The second-order valence-corrected chi connectivity index (χ2v) is 5.43. The summed E-state index contributed by atoms with van der Waals surface area (Å²) < 4.78 is 74.9. The van der Waals surface area contributed by atoms with Crippen LogP contribution in [-0.4, -0.2) is 33.4 Å². The second-order valence-electron chi connectivity index (χ2n) is 4.57. The van der Waals surface area contributed by atoms with E-state index in [1.165, 1.54) is 29.1 Å². The number of aliphatic carboxylic acids is 1. The van der Waals surface area contributed by atoms with Gasteiger partial charge in [-0.1, -0.05) is 0 Å². The predicted molar refractivity (Wildman–Crippen MR) is 81.1 cm³/mol. The van der Waals surface area contributed by atoms with Gasteiger partial charge in [0.05, 0.1) is 16.4 Å². The first kappa shape index (κ1) is 21.6. The lowest BCUT2D eigenvalue weighted by Crippen LogP contribution is -2.21. The van der Waals surface area contributed by atoms with Crippen molar-refractivity contribution < 1.29 is 41.0 Å². The predicted octanol–water partition coefficient (Wildman–Crippen LogP) is 3.96. The Hall–Kier alpha value is -2.44. The summed E-state index contributed by atoms with van der Waals surface area (Å²) in [5.74, 6) is -3.08. The average Bonchev–Trinajstić information content (AvgIpc) is 2.78. The monoisotopic (exact) mass is 449 g/mol. The van der Waals surface area contributed by atoms with Gasteiger partial charge in [0.15, 0.2) is 0 Å². The third kappa shape index (κ3) is 6.13. The molecule has 0 amide bonds. The molecule has 0 radical (unpaired) electrons. The van der Waals surface area contributed by atoms with Gasteiger partial charge in [0.25, 0.3) is 0 Å². The van der Waals surface area contributed by atoms with Crippen LogP contribution in [0.5, 0.6) is 5.75 Å². The van der Waals surface area contributed by atoms with Crippen LogP contribution < -0.4 is 10.5 Å². The molecule has 13 heteroatoms. The summed E-state index contributed by atoms with van der Waals surface area (Å²) in [5.41, 5.74) is 6.61. The van der Waals surface area contributed by atoms with Gasteiger partial charge in [0, 0.05) is 18.3 Å². The van der Waals surface area contributed by atoms with Crippen LogP contribution in [0, 0.1) is 0 Å². The van der Waals surface area contributed by atoms with Crippen molar-refractivity contribution in [3.63, 3.8) is 0 Å². The molecule has 2 rings (SSSR count). The molecule has 2 aromatic rings. The van der Waals surface area contributed by atoms with E-state index in [0.717, 1.165) is 0 Å². The van der Waals surface area contributed by atoms with Gasteiger partial charge in [-0.15, -0.1) is 13.2 Å². The lowest BCUT2D eigenvalue weighted by Gasteiger charge is -2.14. The maximum Gasteiger partial charge on any atom is 0.573 e. The minimum Gasteiger partial charge on any atom is -0.475 e. The fourth-order valence-electron chi connectivity index (χ4n) is 1.66. The summed E-state index contributed by atoms with van der Waals surface area (Å²) in [7, 11) is 1.61. The summed E-state index contributed by atoms with van der Waals surface area (Å²) in [5, 5.41) is 11.1. The molecular weight excluding hydrogens is 440 g/mol. The number of anilines is 1. The van der Waals surface area contributed by atoms with E-state index in [9.17, 15) is 26.3 Å². The number of nitrogens with zero attached hydrogens (tertiary/aromatic N) is 2. The molecule has 0 saturated carbocycles. The molecule has 0 fully saturated rings. The third-order valence-electron chi connectivity index (χ3n) is 2.62. The minimum absolute atomic E-state index is 0.212. The molecule has 6 nitrogen and oxygen atoms in total. The minimum atomic E-state index is -5.08. The number of benzene rings is 1. The van der Waals surface area contributed by atoms with Crippen LogP contribution in [0.3, 0.4) is 0 Å². The Morgan fingerprint density at radius 1 is 1.27 bits per heavy atom. The van der Waals surface area contributed by atoms with Crippen LogP contribution in [0.25, 0.3) is 11.3 Å². The van der Waals surface area contributed by atoms with Crippen molar-refractivity contribution in [3.05, 3.63) is 28.9 Å². The summed E-state index contributed by atoms with van der Waals surface area (Å²) in [6, 6.07) is 3.93. The molecule has 1 aromatic carbocycles. The molecule has 1 aromatic heterocycles. The second kappa shape index (κ2) is 7.85. The average molecular weight is 450 g/mol. The van der Waals surface area contributed by atoms with Crippen molar-refractivity contribution in [3.8, 4) is 17.0 Å². The van der Waals surface area contributed by atoms with Gasteiger partial charge in [-0.25, -0.2) is 4.79 Å². The molecule has 26 heavy (non-hydrogen) atoms. The molecule has 0 saturated heterocycles. The highest BCUT2D eigenvalue weighted by Crippen LogP contribution is 2.38. The van der Waals surface area contributed by atoms with Gasteiger partial charge in [0.2, 0.25) is 0 Å². The zero-order valence-corrected chi connectivity index (χ0v) is 14.3. The number of halogens is 7. The van der Waals surface area contributed by atoms with Crippen molar-refractivity contribution in [2.24, 2.45) is 7.05 Å². The summed E-state index contributed by atoms with van der Waals surface area (Å²) in [6.45, 7) is 0. The van der Waals surface area contributed by atoms with Crippen molar-refractivity contribution in [2.75, 3.05) is 5.73 Å². The zero-order chi connectivity index (χ0) is 20.3. The Morgan fingerprint density at radius 2 is 1.81 bits per heavy atom. The summed E-state index contributed by atoms with van der Waals surface area (Å²) >= 11 is 3.23. The number of hydrogen-bond acceptors (Lipinski definition) is 4. The largest absolute Gasteiger partial charge is 0.573 e. The van der Waals surface area contributed by atoms with Gasteiger partial charge < -0.3 is 15.6 Å². The first-order valence-electron chi connectivity index (χ1n) is 6.35. The highest BCUT2D eigenvalue weighted by Gasteiger charge is 2.38. The first-order chi connectivity index (χ1) is 11.7. The summed E-state index contributed by atoms with van der Waals surface area (Å²) in [6.07, 6.45) is -8.37. The SMILES string of the molecule is Cn1ncc(Br)c1-c1cc(N)ccc1OC(F)(F)F.O=C(O)C(F)(F)F. The number of aryl methyl sites for hydroxylation is 1. The molecule has 0 atom stereocenters. The Bertz CT molecular complexity index is 769. The lowest BCUT2D eigenvalue weighted by molar-refractivity contribution is -0.274. The Balaban J connectivity index is 0.000000412. The number of carboxylic acids is 1. The number of ether oxygens (including phenoxy) is 1. The van der Waals surface area contributed by atoms with Crippen molar-refractivity contribution in [1.29, 1.82) is 0 Å². The maximum atomic E-state index is 12.4. The number of nitrogens with two attached hydrogens (primary N) is 1. The fourth-order valence-corrected chi connectivity index (χ4v) is 2.22. The molecular formula is C13H10BrF6N3O3. The topological polar surface area (TPSA) is 90.4 Å². The molecule has 3 N–H and O–H groups in total. The summed E-state index contributed by atoms with van der Waals surface area (Å²) in [4.78, 5) is 8.90. The van der Waals surface area contributed by atoms with E-state index in [-0.39, 0.29) is 11.3 Å². The van der Waals surface area contributed by atoms with Crippen molar-refractivity contribution >= 4 is 27.6 Å². The van der Waals surface area contributed by atoms with E-state index in [1.807, 2.05) is 0 Å². The van der Waals surface area contributed by atoms with Crippen molar-refractivity contribution in [1.82, 2.24) is 9.78 Å². The molecule has 1 heterocycles. The number of aromatic nitrogens is 2. The number of alkyl halides is 6. The van der Waals surface area contributed by atoms with Crippen LogP contribution in [0.2, 0.25) is 0 Å². The number of hydrogen-bond donors (Lipinski definition) is 2. The first-order valence-corrected chi connectivity index (χ1v) is 7.15. The highest BCUT2D eigenvalue weighted by atomic mass is 79.9. The molecule has 144 valence electrons. The Labute approximate surface area is 150 Å². The third-order valence-corrected chi connectivity index (χ3v) is 3.20. The Kier molecular flexibility index (Phi) is 6.52. The molecule has 0 aliphatic heterocycles. The molecule has 0 aliphatic carbocycles. The number of rotatable bonds is 2. The lowest BCUT2D eigenvalue weighted by atomic mass is 10.1. The normalized spacial score (nSPS) is 11.5. The van der Waals surface area contributed by atoms with Gasteiger partial charge in [0.1, 0.15) is 5.75 Å². The number of carboxylic acid groups (broad SMARTS) is 1. The highest BCUT2D eigenvalue weighted by molar-refractivity contribution is 9.10. The van der Waals surface area contributed by atoms with Crippen LogP contribution >= 0.6 is 15.9 Å². The van der Waals surface area contributed by atoms with E-state index in [1.54, 1.807) is 7.05 Å². The van der Waals surface area contributed by atoms with E-state index < -0.39 is 18.5 Å². The van der Waals surface area contributed by atoms with Crippen LogP contribution in [-0.2, 0) is 11.8 Å². The zero-order valence-electron chi connectivity index (χ0n) is 12.7. The van der Waals surface area contributed by atoms with E-state index >= 15 is 0 Å². The molecule has 0 aliphatic rings. The van der Waals surface area contributed by atoms with Crippen LogP contribution in [0.1, 0.15) is 0 Å². The standard InChI is InChI=1S/C11H9BrF3N3O.C2HF3O2/c1-18-10(8(12)5-17-18)7-4-6(16)2-3-9(7)19-11(13,14)15;3-2(4,5)1(6)7/h2-5H,16H2,1H3;(H,6,7). The Morgan fingerprint density at radius 3 is 2.19 bits per heavy atom. The smallest absolute Gasteiger partial charge is 0.475 e. The van der Waals surface area contributed by atoms with Crippen LogP contribution in [0.15, 0.2) is 28.9 Å². The molecule has 0 spiro atoms. The number of nitrogen functional groups attached to an aromatic ring is 1. The van der Waals surface area contributed by atoms with Crippen molar-refractivity contribution in [2.45, 2.75) is 12.5 Å². The molecule has 0 unspecified atom stereocenters. The van der Waals surface area contributed by atoms with Gasteiger partial charge in [-0.2, -0.15) is 18.3 Å². The van der Waals surface area contributed by atoms with E-state index in [2.05, 4.69) is 25.8 Å². The van der Waals surface area contributed by atoms with E-state index in [4.69, 9.17) is 15.6 Å². The van der Waals surface area contributed by atoms with Gasteiger partial charge in [-0.3, -0.25) is 4.68 Å². The van der Waals surface area contributed by atoms with Gasteiger partial charge in [-0.05, 0) is 34.1 Å². The van der Waals surface area contributed by atoms with Crippen LogP contribution in [0.4, 0.5) is 32.0 Å². The fraction of sp³-hybridized carbons (Fsp3) is 0.231.